The summed E-state index contributed by atoms with van der Waals surface area (Å²) in [5.74, 6) is 0.215. The van der Waals surface area contributed by atoms with E-state index in [-0.39, 0.29) is 42.7 Å². The number of carbonyl (C=O) groups excluding carboxylic acids is 2. The number of benzene rings is 1. The van der Waals surface area contributed by atoms with Crippen LogP contribution in [0.25, 0.3) is 0 Å². The Morgan fingerprint density at radius 2 is 1.73 bits per heavy atom. The molecule has 2 bridgehead atoms. The van der Waals surface area contributed by atoms with Gasteiger partial charge in [-0.2, -0.15) is 0 Å². The number of esters is 2. The largest absolute Gasteiger partial charge is 0.459 e. The second-order valence-electron chi connectivity index (χ2n) is 9.83. The van der Waals surface area contributed by atoms with Crippen molar-refractivity contribution in [3.8, 4) is 11.5 Å². The van der Waals surface area contributed by atoms with Crippen molar-refractivity contribution in [3.63, 3.8) is 0 Å². The molecule has 5 rings (SSSR count). The third-order valence-corrected chi connectivity index (χ3v) is 7.21. The summed E-state index contributed by atoms with van der Waals surface area (Å²) in [4.78, 5) is 27.6. The van der Waals surface area contributed by atoms with E-state index in [1.807, 2.05) is 45.9 Å². The summed E-state index contributed by atoms with van der Waals surface area (Å²) in [7, 11) is 1.69. The first-order valence-electron chi connectivity index (χ1n) is 11.6. The highest BCUT2D eigenvalue weighted by molar-refractivity contribution is 5.73. The molecule has 1 aromatic rings. The van der Waals surface area contributed by atoms with Crippen LogP contribution < -0.4 is 9.47 Å². The molecule has 1 aromatic carbocycles. The number of hydrogen-bond donors (Lipinski definition) is 0. The van der Waals surface area contributed by atoms with E-state index in [0.29, 0.717) is 24.5 Å². The van der Waals surface area contributed by atoms with Crippen LogP contribution in [-0.2, 0) is 29.2 Å². The Bertz CT molecular complexity index is 1000. The SMILES string of the molecule is CO[C@@H]1C=C[C@@]23c4cc5c(cc4C(OC(=O)C(C)C)N(C[C@H]2OC(=O)C(C)C)[C@H]3C1)OCO5. The number of fused-ring (bicyclic) bond motifs is 2. The third kappa shape index (κ3) is 3.34. The molecule has 3 heterocycles. The van der Waals surface area contributed by atoms with E-state index in [2.05, 4.69) is 11.0 Å². The number of carbonyl (C=O) groups is 2. The van der Waals surface area contributed by atoms with Crippen LogP contribution in [0.2, 0.25) is 0 Å². The lowest BCUT2D eigenvalue weighted by molar-refractivity contribution is -0.168. The van der Waals surface area contributed by atoms with Crippen LogP contribution in [0.1, 0.15) is 51.5 Å². The van der Waals surface area contributed by atoms with Crippen molar-refractivity contribution in [2.45, 2.75) is 64.0 Å². The van der Waals surface area contributed by atoms with Crippen molar-refractivity contribution in [3.05, 3.63) is 35.4 Å². The molecule has 0 aromatic heterocycles. The molecule has 0 radical (unpaired) electrons. The zero-order valence-electron chi connectivity index (χ0n) is 19.7. The molecule has 1 aliphatic carbocycles. The van der Waals surface area contributed by atoms with E-state index < -0.39 is 17.7 Å². The molecule has 4 aliphatic rings. The summed E-state index contributed by atoms with van der Waals surface area (Å²) in [6, 6.07) is 3.80. The van der Waals surface area contributed by atoms with Crippen LogP contribution in [0.3, 0.4) is 0 Å². The van der Waals surface area contributed by atoms with Gasteiger partial charge in [-0.3, -0.25) is 14.5 Å². The summed E-state index contributed by atoms with van der Waals surface area (Å²) < 4.78 is 29.2. The van der Waals surface area contributed by atoms with Gasteiger partial charge in [-0.15, -0.1) is 0 Å². The van der Waals surface area contributed by atoms with E-state index in [9.17, 15) is 9.59 Å². The first-order valence-corrected chi connectivity index (χ1v) is 11.6. The highest BCUT2D eigenvalue weighted by Gasteiger charge is 2.64. The average molecular weight is 458 g/mol. The van der Waals surface area contributed by atoms with E-state index in [4.69, 9.17) is 23.7 Å². The number of hydrogen-bond acceptors (Lipinski definition) is 8. The lowest BCUT2D eigenvalue weighted by atomic mass is 9.65. The summed E-state index contributed by atoms with van der Waals surface area (Å²) in [6.07, 6.45) is 3.72. The molecule has 3 aliphatic heterocycles. The molecule has 0 amide bonds. The molecule has 1 fully saturated rings. The van der Waals surface area contributed by atoms with Crippen molar-refractivity contribution < 1.29 is 33.3 Å². The van der Waals surface area contributed by atoms with Gasteiger partial charge >= 0.3 is 11.9 Å². The Balaban J connectivity index is 1.68. The van der Waals surface area contributed by atoms with E-state index in [1.165, 1.54) is 0 Å². The first kappa shape index (κ1) is 22.2. The Labute approximate surface area is 193 Å². The van der Waals surface area contributed by atoms with E-state index in [0.717, 1.165) is 11.1 Å². The Kier molecular flexibility index (Phi) is 5.40. The molecule has 0 saturated carbocycles. The van der Waals surface area contributed by atoms with Crippen molar-refractivity contribution in [2.75, 3.05) is 20.4 Å². The van der Waals surface area contributed by atoms with Crippen LogP contribution in [0.15, 0.2) is 24.3 Å². The van der Waals surface area contributed by atoms with Crippen LogP contribution >= 0.6 is 0 Å². The molecule has 178 valence electrons. The van der Waals surface area contributed by atoms with Gasteiger partial charge in [0.15, 0.2) is 17.7 Å². The second-order valence-corrected chi connectivity index (χ2v) is 9.83. The maximum absolute atomic E-state index is 12.7. The highest BCUT2D eigenvalue weighted by atomic mass is 16.7. The number of rotatable bonds is 5. The van der Waals surface area contributed by atoms with E-state index in [1.54, 1.807) is 7.11 Å². The fourth-order valence-corrected chi connectivity index (χ4v) is 5.45. The highest BCUT2D eigenvalue weighted by Crippen LogP contribution is 2.58. The lowest BCUT2D eigenvalue weighted by Gasteiger charge is -2.49. The van der Waals surface area contributed by atoms with Crippen molar-refractivity contribution in [1.82, 2.24) is 4.90 Å². The third-order valence-electron chi connectivity index (χ3n) is 7.21. The summed E-state index contributed by atoms with van der Waals surface area (Å²) in [5, 5.41) is 0. The van der Waals surface area contributed by atoms with Gasteiger partial charge in [-0.1, -0.05) is 39.8 Å². The topological polar surface area (TPSA) is 83.5 Å². The molecular weight excluding hydrogens is 426 g/mol. The van der Waals surface area contributed by atoms with Crippen LogP contribution in [0.5, 0.6) is 11.5 Å². The van der Waals surface area contributed by atoms with Crippen LogP contribution in [0, 0.1) is 11.8 Å². The van der Waals surface area contributed by atoms with Crippen molar-refractivity contribution in [1.29, 1.82) is 0 Å². The monoisotopic (exact) mass is 457 g/mol. The molecule has 0 N–H and O–H groups in total. The van der Waals surface area contributed by atoms with E-state index >= 15 is 0 Å². The van der Waals surface area contributed by atoms with Crippen molar-refractivity contribution in [2.24, 2.45) is 11.8 Å². The Morgan fingerprint density at radius 1 is 1.06 bits per heavy atom. The normalized spacial score (nSPS) is 33.1. The van der Waals surface area contributed by atoms with Gasteiger partial charge in [-0.05, 0) is 24.1 Å². The van der Waals surface area contributed by atoms with Gasteiger partial charge in [0.1, 0.15) is 6.10 Å². The molecule has 8 heteroatoms. The van der Waals surface area contributed by atoms with Crippen LogP contribution in [-0.4, -0.2) is 55.5 Å². The average Bonchev–Trinajstić information content (AvgIpc) is 3.35. The predicted octanol–water partition coefficient (Wildman–Crippen LogP) is 3.09. The van der Waals surface area contributed by atoms with Gasteiger partial charge in [-0.25, -0.2) is 0 Å². The molecule has 33 heavy (non-hydrogen) atoms. The standard InChI is InChI=1S/C25H31NO7/c1-13(2)23(27)32-21-11-26-20-8-15(29-5)6-7-25(20,21)17-10-19-18(30-12-31-19)9-16(17)22(26)33-24(28)14(3)4/h6-7,9-10,13-15,20-22H,8,11-12H2,1-5H3/t15-,20+,21-,22?,25+/m1/s1. The Morgan fingerprint density at radius 3 is 2.39 bits per heavy atom. The molecular formula is C25H31NO7. The maximum Gasteiger partial charge on any atom is 0.310 e. The summed E-state index contributed by atoms with van der Waals surface area (Å²) in [6.45, 7) is 7.88. The van der Waals surface area contributed by atoms with Gasteiger partial charge in [0, 0.05) is 25.3 Å². The maximum atomic E-state index is 12.7. The Hall–Kier alpha value is -2.58. The minimum absolute atomic E-state index is 0.0738. The number of methoxy groups -OCH3 is 1. The summed E-state index contributed by atoms with van der Waals surface area (Å²) >= 11 is 0. The molecule has 0 spiro atoms. The summed E-state index contributed by atoms with van der Waals surface area (Å²) in [5.41, 5.74) is 1.18. The molecule has 1 saturated heterocycles. The van der Waals surface area contributed by atoms with Crippen LogP contribution in [0.4, 0.5) is 0 Å². The van der Waals surface area contributed by atoms with Gasteiger partial charge in [0.05, 0.1) is 23.4 Å². The fourth-order valence-electron chi connectivity index (χ4n) is 5.45. The van der Waals surface area contributed by atoms with Gasteiger partial charge < -0.3 is 23.7 Å². The molecule has 2 unspecified atom stereocenters. The number of nitrogens with zero attached hydrogens (tertiary/aromatic N) is 1. The first-order chi connectivity index (χ1) is 15.8. The number of ether oxygens (including phenoxy) is 5. The fraction of sp³-hybridized carbons (Fsp3) is 0.600. The zero-order chi connectivity index (χ0) is 23.5. The van der Waals surface area contributed by atoms with Gasteiger partial charge in [0.2, 0.25) is 6.79 Å². The molecule has 6 atom stereocenters. The predicted molar refractivity (Wildman–Crippen MR) is 118 cm³/mol. The quantitative estimate of drug-likeness (QED) is 0.493. The van der Waals surface area contributed by atoms with Crippen molar-refractivity contribution >= 4 is 11.9 Å². The smallest absolute Gasteiger partial charge is 0.310 e. The minimum atomic E-state index is -0.616. The zero-order valence-corrected chi connectivity index (χ0v) is 19.7. The lowest BCUT2D eigenvalue weighted by Crippen LogP contribution is -2.54. The second kappa shape index (κ2) is 8.02. The minimum Gasteiger partial charge on any atom is -0.459 e. The van der Waals surface area contributed by atoms with Gasteiger partial charge in [0.25, 0.3) is 0 Å². The molecule has 8 nitrogen and oxygen atoms in total.